The third-order valence-corrected chi connectivity index (χ3v) is 3.52. The summed E-state index contributed by atoms with van der Waals surface area (Å²) in [5.74, 6) is 0.841. The summed E-state index contributed by atoms with van der Waals surface area (Å²) >= 11 is 0. The minimum atomic E-state index is -0.297. The van der Waals surface area contributed by atoms with E-state index in [9.17, 15) is 5.26 Å². The predicted octanol–water partition coefficient (Wildman–Crippen LogP) is 1.96. The average Bonchev–Trinajstić information content (AvgIpc) is 2.31. The van der Waals surface area contributed by atoms with Crippen molar-refractivity contribution in [2.45, 2.75) is 18.3 Å². The maximum Gasteiger partial charge on any atom is 0.119 e. The molecule has 0 saturated carbocycles. The largest absolute Gasteiger partial charge is 0.497 e. The Morgan fingerprint density at radius 2 is 2.24 bits per heavy atom. The highest BCUT2D eigenvalue weighted by molar-refractivity contribution is 5.53. The van der Waals surface area contributed by atoms with Crippen LogP contribution in [0, 0.1) is 11.3 Å². The van der Waals surface area contributed by atoms with Crippen LogP contribution in [0.5, 0.6) is 5.75 Å². The normalized spacial score (nSPS) is 21.6. The van der Waals surface area contributed by atoms with Crippen LogP contribution in [0.25, 0.3) is 0 Å². The smallest absolute Gasteiger partial charge is 0.119 e. The summed E-state index contributed by atoms with van der Waals surface area (Å²) in [7, 11) is 5.74. The second-order valence-electron chi connectivity index (χ2n) is 4.95. The van der Waals surface area contributed by atoms with Gasteiger partial charge in [0.05, 0.1) is 18.6 Å². The maximum absolute atomic E-state index is 9.45. The molecule has 1 aliphatic carbocycles. The monoisotopic (exact) mass is 230 g/mol. The standard InChI is InChI=1S/C14H18N2O/c1-16(2)7-6-14(10-15)9-11-4-5-12(17-3)8-13(11)14/h4-5,8H,6-7,9H2,1-3H3. The summed E-state index contributed by atoms with van der Waals surface area (Å²) in [4.78, 5) is 2.12. The molecule has 1 aromatic rings. The van der Waals surface area contributed by atoms with Gasteiger partial charge in [-0.05, 0) is 56.7 Å². The fourth-order valence-electron chi connectivity index (χ4n) is 2.39. The first-order chi connectivity index (χ1) is 8.11. The van der Waals surface area contributed by atoms with Crippen molar-refractivity contribution in [3.8, 4) is 11.8 Å². The van der Waals surface area contributed by atoms with Crippen molar-refractivity contribution >= 4 is 0 Å². The molecule has 1 aliphatic rings. The Morgan fingerprint density at radius 1 is 1.47 bits per heavy atom. The molecule has 0 amide bonds. The van der Waals surface area contributed by atoms with Crippen LogP contribution in [0.4, 0.5) is 0 Å². The van der Waals surface area contributed by atoms with E-state index >= 15 is 0 Å². The van der Waals surface area contributed by atoms with Crippen LogP contribution in [0.3, 0.4) is 0 Å². The Balaban J connectivity index is 2.25. The van der Waals surface area contributed by atoms with Crippen molar-refractivity contribution in [3.05, 3.63) is 29.3 Å². The molecule has 1 aromatic carbocycles. The van der Waals surface area contributed by atoms with Gasteiger partial charge in [-0.25, -0.2) is 0 Å². The molecule has 90 valence electrons. The van der Waals surface area contributed by atoms with Crippen LogP contribution >= 0.6 is 0 Å². The molecule has 1 atom stereocenters. The molecule has 0 N–H and O–H groups in total. The van der Waals surface area contributed by atoms with E-state index in [0.29, 0.717) is 0 Å². The van der Waals surface area contributed by atoms with E-state index < -0.39 is 0 Å². The van der Waals surface area contributed by atoms with Crippen molar-refractivity contribution in [1.82, 2.24) is 4.90 Å². The highest BCUT2D eigenvalue weighted by atomic mass is 16.5. The van der Waals surface area contributed by atoms with E-state index in [-0.39, 0.29) is 5.41 Å². The number of hydrogen-bond donors (Lipinski definition) is 0. The van der Waals surface area contributed by atoms with Gasteiger partial charge in [0.2, 0.25) is 0 Å². The van der Waals surface area contributed by atoms with Crippen LogP contribution in [0.1, 0.15) is 17.5 Å². The van der Waals surface area contributed by atoms with E-state index in [1.807, 2.05) is 26.2 Å². The number of nitrogens with zero attached hydrogens (tertiary/aromatic N) is 2. The van der Waals surface area contributed by atoms with Crippen LogP contribution in [-0.4, -0.2) is 32.6 Å². The van der Waals surface area contributed by atoms with E-state index in [1.54, 1.807) is 7.11 Å². The Morgan fingerprint density at radius 3 is 2.82 bits per heavy atom. The molecule has 0 saturated heterocycles. The zero-order valence-corrected chi connectivity index (χ0v) is 10.7. The number of ether oxygens (including phenoxy) is 1. The number of rotatable bonds is 4. The van der Waals surface area contributed by atoms with Gasteiger partial charge in [0, 0.05) is 0 Å². The maximum atomic E-state index is 9.45. The number of fused-ring (bicyclic) bond motifs is 1. The predicted molar refractivity (Wildman–Crippen MR) is 67.2 cm³/mol. The lowest BCUT2D eigenvalue weighted by Gasteiger charge is -2.39. The molecule has 0 fully saturated rings. The third-order valence-electron chi connectivity index (χ3n) is 3.52. The zero-order valence-electron chi connectivity index (χ0n) is 10.7. The summed E-state index contributed by atoms with van der Waals surface area (Å²) in [5, 5.41) is 9.45. The van der Waals surface area contributed by atoms with E-state index in [1.165, 1.54) is 5.56 Å². The topological polar surface area (TPSA) is 36.3 Å². The van der Waals surface area contributed by atoms with Gasteiger partial charge in [-0.15, -0.1) is 0 Å². The first-order valence-electron chi connectivity index (χ1n) is 5.85. The van der Waals surface area contributed by atoms with Crippen molar-refractivity contribution in [3.63, 3.8) is 0 Å². The number of methoxy groups -OCH3 is 1. The molecule has 0 heterocycles. The third kappa shape index (κ3) is 2.01. The molecular weight excluding hydrogens is 212 g/mol. The van der Waals surface area contributed by atoms with Gasteiger partial charge in [0.25, 0.3) is 0 Å². The van der Waals surface area contributed by atoms with Crippen molar-refractivity contribution in [2.24, 2.45) is 0 Å². The molecule has 0 aliphatic heterocycles. The Labute approximate surface area is 103 Å². The molecule has 3 nitrogen and oxygen atoms in total. The summed E-state index contributed by atoms with van der Waals surface area (Å²) in [6, 6.07) is 8.54. The van der Waals surface area contributed by atoms with Crippen molar-refractivity contribution in [2.75, 3.05) is 27.7 Å². The molecule has 0 radical (unpaired) electrons. The molecule has 1 unspecified atom stereocenters. The van der Waals surface area contributed by atoms with Gasteiger partial charge >= 0.3 is 0 Å². The number of benzene rings is 1. The second-order valence-corrected chi connectivity index (χ2v) is 4.95. The van der Waals surface area contributed by atoms with Crippen LogP contribution in [-0.2, 0) is 11.8 Å². The van der Waals surface area contributed by atoms with Gasteiger partial charge < -0.3 is 9.64 Å². The highest BCUT2D eigenvalue weighted by Crippen LogP contribution is 2.44. The highest BCUT2D eigenvalue weighted by Gasteiger charge is 2.42. The SMILES string of the molecule is COc1ccc2c(c1)C(C#N)(CCN(C)C)C2. The summed E-state index contributed by atoms with van der Waals surface area (Å²) in [5.41, 5.74) is 2.14. The minimum Gasteiger partial charge on any atom is -0.497 e. The Kier molecular flexibility index (Phi) is 3.08. The molecule has 17 heavy (non-hydrogen) atoms. The van der Waals surface area contributed by atoms with E-state index in [0.717, 1.165) is 30.7 Å². The average molecular weight is 230 g/mol. The minimum absolute atomic E-state index is 0.297. The Bertz CT molecular complexity index is 462. The fraction of sp³-hybridized carbons (Fsp3) is 0.500. The van der Waals surface area contributed by atoms with Crippen LogP contribution in [0.15, 0.2) is 18.2 Å². The molecule has 3 heteroatoms. The van der Waals surface area contributed by atoms with Crippen molar-refractivity contribution < 1.29 is 4.74 Å². The molecule has 2 rings (SSSR count). The summed E-state index contributed by atoms with van der Waals surface area (Å²) in [6.45, 7) is 0.935. The molecule has 0 bridgehead atoms. The van der Waals surface area contributed by atoms with E-state index in [2.05, 4.69) is 17.0 Å². The first kappa shape index (κ1) is 11.9. The quantitative estimate of drug-likeness (QED) is 0.793. The first-order valence-corrected chi connectivity index (χ1v) is 5.85. The van der Waals surface area contributed by atoms with Gasteiger partial charge in [-0.3, -0.25) is 0 Å². The molecule has 0 aromatic heterocycles. The second kappa shape index (κ2) is 4.38. The van der Waals surface area contributed by atoms with Gasteiger partial charge in [0.1, 0.15) is 5.75 Å². The van der Waals surface area contributed by atoms with Gasteiger partial charge in [-0.1, -0.05) is 6.07 Å². The lowest BCUT2D eigenvalue weighted by atomic mass is 9.63. The summed E-state index contributed by atoms with van der Waals surface area (Å²) < 4.78 is 5.23. The number of nitriles is 1. The Hall–Kier alpha value is -1.53. The number of hydrogen-bond acceptors (Lipinski definition) is 3. The molecule has 0 spiro atoms. The van der Waals surface area contributed by atoms with Crippen LogP contribution in [0.2, 0.25) is 0 Å². The zero-order chi connectivity index (χ0) is 12.5. The lowest BCUT2D eigenvalue weighted by molar-refractivity contribution is 0.331. The fourth-order valence-corrected chi connectivity index (χ4v) is 2.39. The van der Waals surface area contributed by atoms with Crippen molar-refractivity contribution in [1.29, 1.82) is 5.26 Å². The van der Waals surface area contributed by atoms with Gasteiger partial charge in [0.15, 0.2) is 0 Å². The van der Waals surface area contributed by atoms with E-state index in [4.69, 9.17) is 4.74 Å². The summed E-state index contributed by atoms with van der Waals surface area (Å²) in [6.07, 6.45) is 1.76. The lowest BCUT2D eigenvalue weighted by Crippen LogP contribution is -2.39. The van der Waals surface area contributed by atoms with Crippen LogP contribution < -0.4 is 4.74 Å². The molecular formula is C14H18N2O. The van der Waals surface area contributed by atoms with Gasteiger partial charge in [-0.2, -0.15) is 5.26 Å².